The third-order valence-electron chi connectivity index (χ3n) is 2.00. The Labute approximate surface area is 69.1 Å². The molecule has 1 heteroatoms. The Morgan fingerprint density at radius 2 is 2.00 bits per heavy atom. The van der Waals surface area contributed by atoms with E-state index in [0.717, 1.165) is 13.0 Å². The Bertz CT molecular complexity index is 130. The summed E-state index contributed by atoms with van der Waals surface area (Å²) in [5.41, 5.74) is 0. The summed E-state index contributed by atoms with van der Waals surface area (Å²) >= 11 is 0. The molecule has 1 heterocycles. The van der Waals surface area contributed by atoms with Crippen molar-refractivity contribution in [1.82, 2.24) is 0 Å². The van der Waals surface area contributed by atoms with Crippen molar-refractivity contribution in [1.29, 1.82) is 0 Å². The summed E-state index contributed by atoms with van der Waals surface area (Å²) in [6, 6.07) is 0. The molecule has 0 aliphatic carbocycles. The van der Waals surface area contributed by atoms with E-state index in [0.29, 0.717) is 6.10 Å². The third-order valence-corrected chi connectivity index (χ3v) is 2.00. The zero-order chi connectivity index (χ0) is 7.94. The predicted molar refractivity (Wildman–Crippen MR) is 46.3 cm³/mol. The van der Waals surface area contributed by atoms with Gasteiger partial charge in [0.2, 0.25) is 0 Å². The van der Waals surface area contributed by atoms with Crippen LogP contribution in [0.1, 0.15) is 38.5 Å². The first-order valence-electron chi connectivity index (χ1n) is 4.48. The summed E-state index contributed by atoms with van der Waals surface area (Å²) in [4.78, 5) is 0. The number of unbranched alkanes of at least 4 members (excludes halogenated alkanes) is 4. The molecule has 0 spiro atoms. The van der Waals surface area contributed by atoms with E-state index < -0.39 is 0 Å². The van der Waals surface area contributed by atoms with Gasteiger partial charge in [0.1, 0.15) is 0 Å². The van der Waals surface area contributed by atoms with Crippen LogP contribution in [0.2, 0.25) is 0 Å². The molecule has 1 aliphatic rings. The lowest BCUT2D eigenvalue weighted by molar-refractivity contribution is 0.388. The summed E-state index contributed by atoms with van der Waals surface area (Å²) in [6.45, 7) is 1.00. The minimum atomic E-state index is 0.614. The van der Waals surface area contributed by atoms with Gasteiger partial charge in [0.05, 0.1) is 12.7 Å². The molecule has 0 N–H and O–H groups in total. The van der Waals surface area contributed by atoms with Crippen molar-refractivity contribution in [2.75, 3.05) is 6.61 Å². The zero-order valence-corrected chi connectivity index (χ0v) is 7.01. The Morgan fingerprint density at radius 3 is 2.64 bits per heavy atom. The lowest BCUT2D eigenvalue weighted by atomic mass is 10.1. The lowest BCUT2D eigenvalue weighted by Gasteiger charge is -1.95. The van der Waals surface area contributed by atoms with Gasteiger partial charge >= 0.3 is 0 Å². The molecule has 1 fully saturated rings. The smallest absolute Gasteiger partial charge is 0.0810 e. The number of rotatable bonds is 6. The van der Waals surface area contributed by atoms with Gasteiger partial charge in [-0.1, -0.05) is 19.3 Å². The second kappa shape index (κ2) is 5.21. The second-order valence-corrected chi connectivity index (χ2v) is 3.11. The minimum absolute atomic E-state index is 0.614. The maximum Gasteiger partial charge on any atom is 0.0810 e. The van der Waals surface area contributed by atoms with Crippen molar-refractivity contribution in [2.45, 2.75) is 44.6 Å². The average molecular weight is 152 g/mol. The first-order valence-corrected chi connectivity index (χ1v) is 4.48. The topological polar surface area (TPSA) is 12.5 Å². The van der Waals surface area contributed by atoms with Crippen LogP contribution in [0.5, 0.6) is 0 Å². The van der Waals surface area contributed by atoms with E-state index in [1.165, 1.54) is 32.1 Å². The van der Waals surface area contributed by atoms with Gasteiger partial charge in [-0.2, -0.15) is 0 Å². The van der Waals surface area contributed by atoms with Crippen LogP contribution in [0.15, 0.2) is 0 Å². The van der Waals surface area contributed by atoms with Crippen molar-refractivity contribution in [3.8, 4) is 12.3 Å². The van der Waals surface area contributed by atoms with Crippen molar-refractivity contribution >= 4 is 0 Å². The first-order chi connectivity index (χ1) is 5.43. The maximum absolute atomic E-state index is 5.13. The molecule has 0 saturated carbocycles. The maximum atomic E-state index is 5.13. The average Bonchev–Trinajstić information content (AvgIpc) is 2.80. The standard InChI is InChI=1S/C10H16O/c1-2-3-4-5-6-7-8-10-9-11-10/h1,10H,3-9H2. The summed E-state index contributed by atoms with van der Waals surface area (Å²) < 4.78 is 5.10. The van der Waals surface area contributed by atoms with Crippen LogP contribution in [0, 0.1) is 12.3 Å². The van der Waals surface area contributed by atoms with Crippen LogP contribution in [0.4, 0.5) is 0 Å². The predicted octanol–water partition coefficient (Wildman–Crippen LogP) is 2.36. The van der Waals surface area contributed by atoms with Crippen LogP contribution in [0.25, 0.3) is 0 Å². The van der Waals surface area contributed by atoms with Gasteiger partial charge in [0.25, 0.3) is 0 Å². The molecular formula is C10H16O. The zero-order valence-electron chi connectivity index (χ0n) is 7.01. The molecule has 1 atom stereocenters. The number of hydrogen-bond donors (Lipinski definition) is 0. The van der Waals surface area contributed by atoms with Crippen LogP contribution in [-0.2, 0) is 4.74 Å². The van der Waals surface area contributed by atoms with Gasteiger partial charge in [0.15, 0.2) is 0 Å². The summed E-state index contributed by atoms with van der Waals surface area (Å²) in [7, 11) is 0. The molecule has 0 amide bonds. The van der Waals surface area contributed by atoms with Gasteiger partial charge in [-0.15, -0.1) is 12.3 Å². The molecule has 11 heavy (non-hydrogen) atoms. The van der Waals surface area contributed by atoms with Crippen LogP contribution in [0.3, 0.4) is 0 Å². The van der Waals surface area contributed by atoms with Gasteiger partial charge in [-0.25, -0.2) is 0 Å². The van der Waals surface area contributed by atoms with Gasteiger partial charge in [-0.3, -0.25) is 0 Å². The van der Waals surface area contributed by atoms with Gasteiger partial charge in [0, 0.05) is 6.42 Å². The van der Waals surface area contributed by atoms with Crippen LogP contribution in [-0.4, -0.2) is 12.7 Å². The van der Waals surface area contributed by atoms with Crippen molar-refractivity contribution < 1.29 is 4.74 Å². The second-order valence-electron chi connectivity index (χ2n) is 3.11. The number of epoxide rings is 1. The van der Waals surface area contributed by atoms with E-state index in [1.54, 1.807) is 0 Å². The molecule has 0 aromatic carbocycles. The molecule has 0 aromatic heterocycles. The molecule has 0 aromatic rings. The van der Waals surface area contributed by atoms with E-state index >= 15 is 0 Å². The molecule has 62 valence electrons. The molecule has 1 aliphatic heterocycles. The summed E-state index contributed by atoms with van der Waals surface area (Å²) in [6.07, 6.45) is 13.1. The number of ether oxygens (including phenoxy) is 1. The highest BCUT2D eigenvalue weighted by molar-refractivity contribution is 4.82. The first kappa shape index (κ1) is 8.62. The minimum Gasteiger partial charge on any atom is -0.373 e. The molecule has 0 radical (unpaired) electrons. The molecule has 1 nitrogen and oxygen atoms in total. The molecule has 1 rings (SSSR count). The van der Waals surface area contributed by atoms with E-state index in [4.69, 9.17) is 11.2 Å². The highest BCUT2D eigenvalue weighted by atomic mass is 16.6. The lowest BCUT2D eigenvalue weighted by Crippen LogP contribution is -1.85. The Morgan fingerprint density at radius 1 is 1.27 bits per heavy atom. The van der Waals surface area contributed by atoms with Crippen LogP contribution < -0.4 is 0 Å². The van der Waals surface area contributed by atoms with Gasteiger partial charge < -0.3 is 4.74 Å². The Kier molecular flexibility index (Phi) is 4.08. The van der Waals surface area contributed by atoms with Crippen molar-refractivity contribution in [2.24, 2.45) is 0 Å². The van der Waals surface area contributed by atoms with E-state index in [9.17, 15) is 0 Å². The molecule has 0 bridgehead atoms. The molecule has 1 saturated heterocycles. The summed E-state index contributed by atoms with van der Waals surface area (Å²) in [5.74, 6) is 2.66. The van der Waals surface area contributed by atoms with Crippen LogP contribution >= 0.6 is 0 Å². The third kappa shape index (κ3) is 4.86. The quantitative estimate of drug-likeness (QED) is 0.323. The SMILES string of the molecule is C#CCCCCCCC1CO1. The molecular weight excluding hydrogens is 136 g/mol. The Balaban J connectivity index is 1.70. The van der Waals surface area contributed by atoms with Gasteiger partial charge in [-0.05, 0) is 12.8 Å². The highest BCUT2D eigenvalue weighted by Gasteiger charge is 2.20. The Hall–Kier alpha value is -0.480. The monoisotopic (exact) mass is 152 g/mol. The fraction of sp³-hybridized carbons (Fsp3) is 0.800. The highest BCUT2D eigenvalue weighted by Crippen LogP contribution is 2.17. The van der Waals surface area contributed by atoms with Crippen molar-refractivity contribution in [3.63, 3.8) is 0 Å². The fourth-order valence-corrected chi connectivity index (χ4v) is 1.19. The van der Waals surface area contributed by atoms with Crippen molar-refractivity contribution in [3.05, 3.63) is 0 Å². The number of terminal acetylenes is 1. The normalized spacial score (nSPS) is 21.2. The number of hydrogen-bond acceptors (Lipinski definition) is 1. The largest absolute Gasteiger partial charge is 0.373 e. The van der Waals surface area contributed by atoms with E-state index in [2.05, 4.69) is 5.92 Å². The van der Waals surface area contributed by atoms with E-state index in [-0.39, 0.29) is 0 Å². The molecule has 1 unspecified atom stereocenters. The summed E-state index contributed by atoms with van der Waals surface area (Å²) in [5, 5.41) is 0. The fourth-order valence-electron chi connectivity index (χ4n) is 1.19. The van der Waals surface area contributed by atoms with E-state index in [1.807, 2.05) is 0 Å².